The Balaban J connectivity index is 1.67. The number of tetrazole rings is 1. The number of nitrogens with zero attached hydrogens (tertiary/aromatic N) is 5. The van der Waals surface area contributed by atoms with E-state index < -0.39 is 0 Å². The lowest BCUT2D eigenvalue weighted by Gasteiger charge is -2.29. The quantitative estimate of drug-likeness (QED) is 0.181. The Labute approximate surface area is 255 Å². The smallest absolute Gasteiger partial charge is 0.292 e. The molecule has 1 N–H and O–H groups in total. The van der Waals surface area contributed by atoms with Crippen molar-refractivity contribution in [1.82, 2.24) is 29.8 Å². The number of nitrogens with one attached hydrogen (secondary N) is 1. The lowest BCUT2D eigenvalue weighted by atomic mass is 9.78. The molecule has 0 atom stereocenters. The van der Waals surface area contributed by atoms with Gasteiger partial charge in [-0.1, -0.05) is 122 Å². The van der Waals surface area contributed by atoms with Crippen molar-refractivity contribution in [2.45, 2.75) is 91.5 Å². The molecule has 5 aromatic rings. The molecule has 7 heteroatoms. The van der Waals surface area contributed by atoms with Gasteiger partial charge >= 0.3 is 5.69 Å². The van der Waals surface area contributed by atoms with E-state index in [9.17, 15) is 4.79 Å². The summed E-state index contributed by atoms with van der Waals surface area (Å²) in [5.74, 6) is 0.600. The molecule has 224 valence electrons. The van der Waals surface area contributed by atoms with Crippen LogP contribution in [0.5, 0.6) is 0 Å². The maximum Gasteiger partial charge on any atom is 0.333 e. The molecule has 2 heterocycles. The second-order valence-corrected chi connectivity index (χ2v) is 13.5. The summed E-state index contributed by atoms with van der Waals surface area (Å²) >= 11 is 0. The fourth-order valence-corrected chi connectivity index (χ4v) is 5.84. The second-order valence-electron chi connectivity index (χ2n) is 13.5. The van der Waals surface area contributed by atoms with Crippen molar-refractivity contribution in [2.24, 2.45) is 0 Å². The molecular formula is C36H44N6O. The molecule has 0 saturated carbocycles. The van der Waals surface area contributed by atoms with Gasteiger partial charge in [0.2, 0.25) is 0 Å². The first-order valence-electron chi connectivity index (χ1n) is 15.4. The van der Waals surface area contributed by atoms with Crippen molar-refractivity contribution in [3.05, 3.63) is 106 Å². The molecule has 0 spiro atoms. The standard InChI is InChI=1S/C36H44N6O/c1-8-9-11-17-27-24-42(32-30(35(2,3)4)18-14-19-31(32)36(5,6)7)34(43)41(27)23-25-20-21-28(26-15-12-10-13-16-26)29(22-25)33-37-39-40-38-33/h10,12-16,18-22,24H,8-9,11,17,23H2,1-7H3,(H,37,38,39,40). The summed E-state index contributed by atoms with van der Waals surface area (Å²) in [5, 5.41) is 14.8. The van der Waals surface area contributed by atoms with Crippen molar-refractivity contribution in [1.29, 1.82) is 0 Å². The van der Waals surface area contributed by atoms with Crippen molar-refractivity contribution in [3.63, 3.8) is 0 Å². The third kappa shape index (κ3) is 6.41. The van der Waals surface area contributed by atoms with Gasteiger partial charge in [0.25, 0.3) is 0 Å². The van der Waals surface area contributed by atoms with E-state index in [0.717, 1.165) is 59.3 Å². The molecule has 2 aromatic heterocycles. The number of aromatic amines is 1. The molecule has 0 aliphatic heterocycles. The molecule has 0 amide bonds. The Bertz CT molecular complexity index is 1700. The van der Waals surface area contributed by atoms with E-state index in [2.05, 4.69) is 124 Å². The van der Waals surface area contributed by atoms with Crippen LogP contribution in [-0.2, 0) is 23.8 Å². The van der Waals surface area contributed by atoms with Crippen LogP contribution in [0.4, 0.5) is 0 Å². The number of benzene rings is 3. The Morgan fingerprint density at radius 1 is 0.814 bits per heavy atom. The molecule has 0 saturated heterocycles. The summed E-state index contributed by atoms with van der Waals surface area (Å²) in [7, 11) is 0. The summed E-state index contributed by atoms with van der Waals surface area (Å²) in [4.78, 5) is 14.5. The molecule has 0 aliphatic rings. The van der Waals surface area contributed by atoms with Gasteiger partial charge in [-0.15, -0.1) is 5.10 Å². The van der Waals surface area contributed by atoms with E-state index >= 15 is 0 Å². The van der Waals surface area contributed by atoms with Crippen LogP contribution in [0.1, 0.15) is 90.1 Å². The highest BCUT2D eigenvalue weighted by atomic mass is 16.1. The molecule has 7 nitrogen and oxygen atoms in total. The highest BCUT2D eigenvalue weighted by Crippen LogP contribution is 2.36. The second kappa shape index (κ2) is 12.2. The molecule has 43 heavy (non-hydrogen) atoms. The summed E-state index contributed by atoms with van der Waals surface area (Å²) in [6, 6.07) is 23.0. The zero-order chi connectivity index (χ0) is 30.8. The van der Waals surface area contributed by atoms with Crippen LogP contribution in [0.25, 0.3) is 28.2 Å². The number of unbranched alkanes of at least 4 members (excludes halogenated alkanes) is 2. The monoisotopic (exact) mass is 576 g/mol. The highest BCUT2D eigenvalue weighted by molar-refractivity contribution is 5.80. The van der Waals surface area contributed by atoms with Crippen molar-refractivity contribution in [2.75, 3.05) is 0 Å². The van der Waals surface area contributed by atoms with E-state index in [1.54, 1.807) is 0 Å². The first-order valence-corrected chi connectivity index (χ1v) is 15.4. The Kier molecular flexibility index (Phi) is 8.54. The average Bonchev–Trinajstić information content (AvgIpc) is 3.61. The molecule has 3 aromatic carbocycles. The maximum absolute atomic E-state index is 14.5. The number of aromatic nitrogens is 6. The largest absolute Gasteiger partial charge is 0.333 e. The highest BCUT2D eigenvalue weighted by Gasteiger charge is 2.28. The number of hydrogen-bond acceptors (Lipinski definition) is 4. The number of H-pyrrole nitrogens is 1. The molecule has 0 bridgehead atoms. The number of aryl methyl sites for hydroxylation is 1. The van der Waals surface area contributed by atoms with Gasteiger partial charge in [-0.2, -0.15) is 0 Å². The summed E-state index contributed by atoms with van der Waals surface area (Å²) in [5.41, 5.74) is 8.17. The Morgan fingerprint density at radius 3 is 2.12 bits per heavy atom. The molecule has 0 fully saturated rings. The molecular weight excluding hydrogens is 532 g/mol. The first kappa shape index (κ1) is 30.2. The van der Waals surface area contributed by atoms with Crippen molar-refractivity contribution in [3.8, 4) is 28.2 Å². The SMILES string of the molecule is CCCCCc1cn(-c2c(C(C)(C)C)cccc2C(C)(C)C)c(=O)n1Cc1ccc(-c2ccccc2)c(-c2nnn[nH]2)c1. The van der Waals surface area contributed by atoms with Gasteiger partial charge in [0.1, 0.15) is 0 Å². The van der Waals surface area contributed by atoms with Crippen LogP contribution in [0.2, 0.25) is 0 Å². The minimum absolute atomic E-state index is 0.0104. The van der Waals surface area contributed by atoms with Gasteiger partial charge in [0, 0.05) is 17.5 Å². The van der Waals surface area contributed by atoms with Crippen LogP contribution in [0.15, 0.2) is 77.7 Å². The normalized spacial score (nSPS) is 12.2. The zero-order valence-electron chi connectivity index (χ0n) is 26.6. The number of para-hydroxylation sites is 1. The van der Waals surface area contributed by atoms with Crippen molar-refractivity contribution >= 4 is 0 Å². The Morgan fingerprint density at radius 2 is 1.51 bits per heavy atom. The van der Waals surface area contributed by atoms with E-state index in [0.29, 0.717) is 12.4 Å². The predicted octanol–water partition coefficient (Wildman–Crippen LogP) is 7.86. The molecule has 0 radical (unpaired) electrons. The van der Waals surface area contributed by atoms with Gasteiger partial charge in [0.05, 0.1) is 12.2 Å². The molecule has 0 aliphatic carbocycles. The third-order valence-corrected chi connectivity index (χ3v) is 8.10. The zero-order valence-corrected chi connectivity index (χ0v) is 26.6. The summed E-state index contributed by atoms with van der Waals surface area (Å²) in [6.07, 6.45) is 6.23. The van der Waals surface area contributed by atoms with Crippen LogP contribution < -0.4 is 5.69 Å². The van der Waals surface area contributed by atoms with Gasteiger partial charge < -0.3 is 0 Å². The lowest BCUT2D eigenvalue weighted by molar-refractivity contribution is 0.559. The van der Waals surface area contributed by atoms with Crippen LogP contribution in [0, 0.1) is 0 Å². The van der Waals surface area contributed by atoms with Gasteiger partial charge in [-0.05, 0) is 68.0 Å². The number of imidazole rings is 1. The van der Waals surface area contributed by atoms with Gasteiger partial charge in [0.15, 0.2) is 5.82 Å². The summed E-state index contributed by atoms with van der Waals surface area (Å²) < 4.78 is 3.88. The summed E-state index contributed by atoms with van der Waals surface area (Å²) in [6.45, 7) is 16.0. The van der Waals surface area contributed by atoms with Gasteiger partial charge in [-0.25, -0.2) is 9.89 Å². The third-order valence-electron chi connectivity index (χ3n) is 8.10. The van der Waals surface area contributed by atoms with Crippen molar-refractivity contribution < 1.29 is 0 Å². The molecule has 5 rings (SSSR count). The fourth-order valence-electron chi connectivity index (χ4n) is 5.84. The number of hydrogen-bond donors (Lipinski definition) is 1. The van der Waals surface area contributed by atoms with Crippen LogP contribution in [0.3, 0.4) is 0 Å². The molecule has 0 unspecified atom stereocenters. The Hall–Kier alpha value is -4.26. The van der Waals surface area contributed by atoms with Gasteiger partial charge in [-0.3, -0.25) is 9.13 Å². The lowest BCUT2D eigenvalue weighted by Crippen LogP contribution is -2.29. The average molecular weight is 577 g/mol. The van der Waals surface area contributed by atoms with E-state index in [1.807, 2.05) is 27.3 Å². The van der Waals surface area contributed by atoms with E-state index in [4.69, 9.17) is 0 Å². The topological polar surface area (TPSA) is 81.4 Å². The minimum atomic E-state index is -0.131. The maximum atomic E-state index is 14.5. The van der Waals surface area contributed by atoms with Crippen LogP contribution >= 0.6 is 0 Å². The first-order chi connectivity index (χ1) is 20.5. The van der Waals surface area contributed by atoms with E-state index in [-0.39, 0.29) is 16.5 Å². The minimum Gasteiger partial charge on any atom is -0.292 e. The fraction of sp³-hybridized carbons (Fsp3) is 0.389. The number of rotatable bonds is 9. The van der Waals surface area contributed by atoms with Crippen LogP contribution in [-0.4, -0.2) is 29.8 Å². The van der Waals surface area contributed by atoms with E-state index in [1.165, 1.54) is 11.1 Å². The predicted molar refractivity (Wildman–Crippen MR) is 175 cm³/mol.